The van der Waals surface area contributed by atoms with E-state index in [0.717, 1.165) is 49.8 Å². The van der Waals surface area contributed by atoms with Gasteiger partial charge in [0.05, 0.1) is 24.8 Å². The first-order valence-electron chi connectivity index (χ1n) is 8.18. The van der Waals surface area contributed by atoms with Crippen molar-refractivity contribution in [2.75, 3.05) is 42.6 Å². The molecule has 7 heteroatoms. The summed E-state index contributed by atoms with van der Waals surface area (Å²) in [4.78, 5) is 4.63. The van der Waals surface area contributed by atoms with Crippen molar-refractivity contribution in [2.24, 2.45) is 0 Å². The highest BCUT2D eigenvalue weighted by molar-refractivity contribution is 7.13. The molecule has 24 heavy (non-hydrogen) atoms. The molecular weight excluding hydrogens is 322 g/mol. The molecule has 1 aromatic heterocycles. The van der Waals surface area contributed by atoms with Gasteiger partial charge in [-0.3, -0.25) is 0 Å². The van der Waals surface area contributed by atoms with Gasteiger partial charge in [0.25, 0.3) is 0 Å². The monoisotopic (exact) mass is 341 g/mol. The van der Waals surface area contributed by atoms with E-state index in [9.17, 15) is 0 Å². The fourth-order valence-corrected chi connectivity index (χ4v) is 4.24. The number of piperidine rings is 1. The van der Waals surface area contributed by atoms with E-state index in [1.54, 1.807) is 16.8 Å². The first-order valence-corrected chi connectivity index (χ1v) is 9.06. The van der Waals surface area contributed by atoms with Gasteiger partial charge < -0.3 is 14.5 Å². The summed E-state index contributed by atoms with van der Waals surface area (Å²) in [5.74, 6) is 0. The van der Waals surface area contributed by atoms with Crippen LogP contribution in [0.1, 0.15) is 18.4 Å². The lowest BCUT2D eigenvalue weighted by atomic mass is 9.90. The number of ether oxygens (including phenoxy) is 1. The first-order chi connectivity index (χ1) is 11.8. The number of hydrogen-bond acceptors (Lipinski definition) is 7. The van der Waals surface area contributed by atoms with Crippen LogP contribution in [0.5, 0.6) is 0 Å². The standard InChI is InChI=1S/C17H19N5OS/c18-10-14-3-1-4-15(9-14)21-6-2-5-17(11-21)12-22(7-8-23-17)16-20-19-13-24-16/h1,3-4,9,13H,2,5-8,11-12H2. The second kappa shape index (κ2) is 6.38. The molecule has 1 unspecified atom stereocenters. The van der Waals surface area contributed by atoms with E-state index < -0.39 is 0 Å². The van der Waals surface area contributed by atoms with Gasteiger partial charge >= 0.3 is 0 Å². The number of aromatic nitrogens is 2. The summed E-state index contributed by atoms with van der Waals surface area (Å²) in [6, 6.07) is 10.1. The lowest BCUT2D eigenvalue weighted by molar-refractivity contribution is -0.0629. The van der Waals surface area contributed by atoms with Gasteiger partial charge in [-0.05, 0) is 31.0 Å². The minimum absolute atomic E-state index is 0.176. The average molecular weight is 341 g/mol. The molecule has 2 aromatic rings. The van der Waals surface area contributed by atoms with Crippen molar-refractivity contribution >= 4 is 22.2 Å². The van der Waals surface area contributed by atoms with E-state index in [1.165, 1.54) is 0 Å². The molecule has 0 amide bonds. The summed E-state index contributed by atoms with van der Waals surface area (Å²) < 4.78 is 6.25. The first kappa shape index (κ1) is 15.4. The molecule has 2 saturated heterocycles. The number of rotatable bonds is 2. The van der Waals surface area contributed by atoms with Gasteiger partial charge in [0.2, 0.25) is 5.13 Å². The third kappa shape index (κ3) is 2.95. The van der Waals surface area contributed by atoms with Crippen LogP contribution in [0.3, 0.4) is 0 Å². The molecule has 0 bridgehead atoms. The zero-order valence-corrected chi connectivity index (χ0v) is 14.2. The quantitative estimate of drug-likeness (QED) is 0.835. The summed E-state index contributed by atoms with van der Waals surface area (Å²) >= 11 is 1.58. The smallest absolute Gasteiger partial charge is 0.208 e. The van der Waals surface area contributed by atoms with Crippen LogP contribution in [-0.4, -0.2) is 48.6 Å². The molecule has 1 spiro atoms. The van der Waals surface area contributed by atoms with Crippen molar-refractivity contribution in [3.05, 3.63) is 35.3 Å². The zero-order valence-electron chi connectivity index (χ0n) is 13.4. The molecule has 0 saturated carbocycles. The molecule has 1 atom stereocenters. The van der Waals surface area contributed by atoms with Crippen molar-refractivity contribution in [2.45, 2.75) is 18.4 Å². The molecule has 2 fully saturated rings. The Morgan fingerprint density at radius 3 is 3.00 bits per heavy atom. The predicted molar refractivity (Wildman–Crippen MR) is 93.4 cm³/mol. The Labute approximate surface area is 145 Å². The van der Waals surface area contributed by atoms with Crippen molar-refractivity contribution in [3.63, 3.8) is 0 Å². The lowest BCUT2D eigenvalue weighted by Gasteiger charge is -2.48. The maximum absolute atomic E-state index is 9.13. The lowest BCUT2D eigenvalue weighted by Crippen LogP contribution is -2.60. The number of benzene rings is 1. The molecular formula is C17H19N5OS. The van der Waals surface area contributed by atoms with Crippen LogP contribution < -0.4 is 9.80 Å². The van der Waals surface area contributed by atoms with Crippen LogP contribution in [-0.2, 0) is 4.74 Å². The van der Waals surface area contributed by atoms with Crippen LogP contribution in [0.4, 0.5) is 10.8 Å². The maximum atomic E-state index is 9.13. The highest BCUT2D eigenvalue weighted by Gasteiger charge is 2.41. The van der Waals surface area contributed by atoms with Crippen molar-refractivity contribution in [1.82, 2.24) is 10.2 Å². The highest BCUT2D eigenvalue weighted by Crippen LogP contribution is 2.33. The summed E-state index contributed by atoms with van der Waals surface area (Å²) in [7, 11) is 0. The molecule has 3 heterocycles. The minimum Gasteiger partial charge on any atom is -0.369 e. The summed E-state index contributed by atoms with van der Waals surface area (Å²) in [5, 5.41) is 18.3. The van der Waals surface area contributed by atoms with Gasteiger partial charge in [-0.2, -0.15) is 5.26 Å². The normalized spacial score (nSPS) is 24.1. The molecule has 2 aliphatic heterocycles. The molecule has 0 radical (unpaired) electrons. The van der Waals surface area contributed by atoms with Gasteiger partial charge in [0.1, 0.15) is 11.1 Å². The Bertz CT molecular complexity index is 740. The molecule has 2 aliphatic rings. The largest absolute Gasteiger partial charge is 0.369 e. The summed E-state index contributed by atoms with van der Waals surface area (Å²) in [5.41, 5.74) is 3.40. The number of nitriles is 1. The number of anilines is 2. The Balaban J connectivity index is 1.54. The third-order valence-electron chi connectivity index (χ3n) is 4.75. The maximum Gasteiger partial charge on any atom is 0.208 e. The van der Waals surface area contributed by atoms with Crippen LogP contribution >= 0.6 is 11.3 Å². The van der Waals surface area contributed by atoms with Gasteiger partial charge in [0.15, 0.2) is 0 Å². The van der Waals surface area contributed by atoms with Gasteiger partial charge in [0, 0.05) is 25.3 Å². The Morgan fingerprint density at radius 2 is 2.17 bits per heavy atom. The average Bonchev–Trinajstić information content (AvgIpc) is 3.17. The fourth-order valence-electron chi connectivity index (χ4n) is 3.65. The van der Waals surface area contributed by atoms with Crippen LogP contribution in [0.2, 0.25) is 0 Å². The van der Waals surface area contributed by atoms with Crippen molar-refractivity contribution < 1.29 is 4.74 Å². The number of hydrogen-bond donors (Lipinski definition) is 0. The Kier molecular flexibility index (Phi) is 4.08. The van der Waals surface area contributed by atoms with Crippen LogP contribution in [0.15, 0.2) is 29.8 Å². The molecule has 0 aliphatic carbocycles. The van der Waals surface area contributed by atoms with Gasteiger partial charge in [-0.15, -0.1) is 10.2 Å². The van der Waals surface area contributed by atoms with E-state index in [1.807, 2.05) is 18.2 Å². The summed E-state index contributed by atoms with van der Waals surface area (Å²) in [6.45, 7) is 4.26. The van der Waals surface area contributed by atoms with E-state index in [0.29, 0.717) is 12.2 Å². The number of nitrogens with zero attached hydrogens (tertiary/aromatic N) is 5. The van der Waals surface area contributed by atoms with E-state index >= 15 is 0 Å². The third-order valence-corrected chi connectivity index (χ3v) is 5.50. The van der Waals surface area contributed by atoms with Gasteiger partial charge in [-0.25, -0.2) is 0 Å². The molecule has 124 valence electrons. The Morgan fingerprint density at radius 1 is 1.25 bits per heavy atom. The van der Waals surface area contributed by atoms with Crippen LogP contribution in [0, 0.1) is 11.3 Å². The van der Waals surface area contributed by atoms with Crippen molar-refractivity contribution in [1.29, 1.82) is 5.26 Å². The molecule has 4 rings (SSSR count). The molecule has 1 aromatic carbocycles. The second-order valence-corrected chi connectivity index (χ2v) is 7.17. The summed E-state index contributed by atoms with van der Waals surface area (Å²) in [6.07, 6.45) is 2.14. The number of morpholine rings is 1. The second-order valence-electron chi connectivity index (χ2n) is 6.36. The minimum atomic E-state index is -0.176. The van der Waals surface area contributed by atoms with Crippen molar-refractivity contribution in [3.8, 4) is 6.07 Å². The highest BCUT2D eigenvalue weighted by atomic mass is 32.1. The molecule has 0 N–H and O–H groups in total. The van der Waals surface area contributed by atoms with Gasteiger partial charge in [-0.1, -0.05) is 17.4 Å². The molecule has 6 nitrogen and oxygen atoms in total. The fraction of sp³-hybridized carbons (Fsp3) is 0.471. The zero-order chi connectivity index (χ0) is 16.4. The SMILES string of the molecule is N#Cc1cccc(N2CCCC3(C2)CN(c2nncs2)CCO3)c1. The van der Waals surface area contributed by atoms with Crippen LogP contribution in [0.25, 0.3) is 0 Å². The Hall–Kier alpha value is -2.17. The predicted octanol–water partition coefficient (Wildman–Crippen LogP) is 2.29. The topological polar surface area (TPSA) is 65.3 Å². The van der Waals surface area contributed by atoms with E-state index in [-0.39, 0.29) is 5.60 Å². The van der Waals surface area contributed by atoms with E-state index in [2.05, 4.69) is 32.1 Å². The van der Waals surface area contributed by atoms with E-state index in [4.69, 9.17) is 10.00 Å².